The van der Waals surface area contributed by atoms with Crippen LogP contribution in [0, 0.1) is 10.1 Å². The maximum Gasteiger partial charge on any atom is 0.293 e. The Bertz CT molecular complexity index is 720. The Morgan fingerprint density at radius 2 is 1.88 bits per heavy atom. The van der Waals surface area contributed by atoms with E-state index >= 15 is 0 Å². The first-order chi connectivity index (χ1) is 12.1. The molecule has 0 aliphatic heterocycles. The minimum atomic E-state index is -0.488. The zero-order valence-electron chi connectivity index (χ0n) is 13.9. The van der Waals surface area contributed by atoms with Gasteiger partial charge in [0.1, 0.15) is 5.69 Å². The third-order valence-corrected chi connectivity index (χ3v) is 3.70. The van der Waals surface area contributed by atoms with Gasteiger partial charge in [0.2, 0.25) is 0 Å². The Labute approximate surface area is 146 Å². The van der Waals surface area contributed by atoms with Gasteiger partial charge in [0, 0.05) is 24.7 Å². The fraction of sp³-hybridized carbons (Fsp3) is 0.278. The molecule has 0 aromatic heterocycles. The van der Waals surface area contributed by atoms with Crippen LogP contribution in [0.1, 0.15) is 28.8 Å². The lowest BCUT2D eigenvalue weighted by atomic mass is 10.1. The number of carbonyl (C=O) groups is 1. The third kappa shape index (κ3) is 5.58. The van der Waals surface area contributed by atoms with E-state index in [0.717, 1.165) is 18.4 Å². The van der Waals surface area contributed by atoms with Gasteiger partial charge in [0.25, 0.3) is 11.6 Å². The number of hydrogen-bond donors (Lipinski definition) is 3. The normalized spacial score (nSPS) is 10.3. The van der Waals surface area contributed by atoms with Crippen molar-refractivity contribution in [3.8, 4) is 0 Å². The maximum absolute atomic E-state index is 12.1. The molecule has 132 valence electrons. The molecule has 7 nitrogen and oxygen atoms in total. The van der Waals surface area contributed by atoms with E-state index in [1.165, 1.54) is 6.07 Å². The van der Waals surface area contributed by atoms with Gasteiger partial charge in [-0.1, -0.05) is 30.3 Å². The van der Waals surface area contributed by atoms with Crippen molar-refractivity contribution in [3.63, 3.8) is 0 Å². The molecule has 0 saturated carbocycles. The average molecular weight is 342 g/mol. The van der Waals surface area contributed by atoms with Gasteiger partial charge >= 0.3 is 0 Å². The molecule has 4 N–H and O–H groups in total. The van der Waals surface area contributed by atoms with Crippen LogP contribution in [0.5, 0.6) is 0 Å². The van der Waals surface area contributed by atoms with Crippen molar-refractivity contribution < 1.29 is 9.72 Å². The highest BCUT2D eigenvalue weighted by atomic mass is 16.6. The predicted octanol–water partition coefficient (Wildman–Crippen LogP) is 2.68. The fourth-order valence-corrected chi connectivity index (χ4v) is 2.34. The van der Waals surface area contributed by atoms with Crippen molar-refractivity contribution >= 4 is 17.3 Å². The summed E-state index contributed by atoms with van der Waals surface area (Å²) in [7, 11) is 0. The number of carbonyl (C=O) groups excluding carboxylic acids is 1. The summed E-state index contributed by atoms with van der Waals surface area (Å²) in [6.45, 7) is 1.53. The van der Waals surface area contributed by atoms with E-state index in [0.29, 0.717) is 25.3 Å². The monoisotopic (exact) mass is 342 g/mol. The lowest BCUT2D eigenvalue weighted by Gasteiger charge is -2.09. The Balaban J connectivity index is 2.06. The SMILES string of the molecule is NCCCCNC(=O)c1ccc(NCc2ccccc2)c([N+](=O)[O-])c1. The number of nitrogens with zero attached hydrogens (tertiary/aromatic N) is 1. The van der Waals surface area contributed by atoms with Crippen LogP contribution in [-0.2, 0) is 6.54 Å². The van der Waals surface area contributed by atoms with Crippen molar-refractivity contribution in [1.82, 2.24) is 5.32 Å². The smallest absolute Gasteiger partial charge is 0.293 e. The summed E-state index contributed by atoms with van der Waals surface area (Å²) < 4.78 is 0. The molecule has 0 atom stereocenters. The number of benzene rings is 2. The van der Waals surface area contributed by atoms with E-state index < -0.39 is 4.92 Å². The van der Waals surface area contributed by atoms with Crippen LogP contribution in [-0.4, -0.2) is 23.9 Å². The summed E-state index contributed by atoms with van der Waals surface area (Å²) >= 11 is 0. The number of nitro benzene ring substituents is 1. The van der Waals surface area contributed by atoms with Crippen LogP contribution in [0.25, 0.3) is 0 Å². The van der Waals surface area contributed by atoms with Crippen molar-refractivity contribution in [3.05, 3.63) is 69.8 Å². The molecular formula is C18H22N4O3. The van der Waals surface area contributed by atoms with Gasteiger partial charge in [-0.05, 0) is 37.1 Å². The summed E-state index contributed by atoms with van der Waals surface area (Å²) in [5, 5.41) is 17.1. The zero-order valence-corrected chi connectivity index (χ0v) is 13.9. The molecule has 7 heteroatoms. The number of anilines is 1. The molecule has 0 radical (unpaired) electrons. The Morgan fingerprint density at radius 3 is 2.56 bits per heavy atom. The molecule has 0 saturated heterocycles. The number of nitrogens with one attached hydrogen (secondary N) is 2. The molecule has 0 aliphatic rings. The minimum Gasteiger partial charge on any atom is -0.375 e. The average Bonchev–Trinajstić information content (AvgIpc) is 2.64. The first-order valence-electron chi connectivity index (χ1n) is 8.16. The molecule has 0 bridgehead atoms. The second-order valence-electron chi connectivity index (χ2n) is 5.58. The van der Waals surface area contributed by atoms with Crippen molar-refractivity contribution in [1.29, 1.82) is 0 Å². The van der Waals surface area contributed by atoms with E-state index in [1.54, 1.807) is 12.1 Å². The van der Waals surface area contributed by atoms with E-state index in [1.807, 2.05) is 30.3 Å². The molecule has 2 aromatic carbocycles. The van der Waals surface area contributed by atoms with Gasteiger partial charge in [0.15, 0.2) is 0 Å². The summed E-state index contributed by atoms with van der Waals surface area (Å²) in [5.74, 6) is -0.324. The highest BCUT2D eigenvalue weighted by Gasteiger charge is 2.17. The molecule has 1 amide bonds. The molecule has 0 aliphatic carbocycles. The Morgan fingerprint density at radius 1 is 1.12 bits per heavy atom. The van der Waals surface area contributed by atoms with Gasteiger partial charge in [-0.15, -0.1) is 0 Å². The summed E-state index contributed by atoms with van der Waals surface area (Å²) in [6, 6.07) is 14.0. The number of nitro groups is 1. The Kier molecular flexibility index (Phi) is 6.91. The van der Waals surface area contributed by atoms with Crippen LogP contribution in [0.3, 0.4) is 0 Å². The highest BCUT2D eigenvalue weighted by Crippen LogP contribution is 2.26. The van der Waals surface area contributed by atoms with Gasteiger partial charge < -0.3 is 16.4 Å². The van der Waals surface area contributed by atoms with Crippen LogP contribution >= 0.6 is 0 Å². The van der Waals surface area contributed by atoms with Crippen LogP contribution in [0.15, 0.2) is 48.5 Å². The second kappa shape index (κ2) is 9.39. The van der Waals surface area contributed by atoms with Crippen LogP contribution in [0.4, 0.5) is 11.4 Å². The molecule has 25 heavy (non-hydrogen) atoms. The summed E-state index contributed by atoms with van der Waals surface area (Å²) in [5.41, 5.74) is 6.95. The fourth-order valence-electron chi connectivity index (χ4n) is 2.34. The van der Waals surface area contributed by atoms with Crippen molar-refractivity contribution in [2.75, 3.05) is 18.4 Å². The van der Waals surface area contributed by atoms with Gasteiger partial charge in [0.05, 0.1) is 4.92 Å². The summed E-state index contributed by atoms with van der Waals surface area (Å²) in [4.78, 5) is 22.9. The van der Waals surface area contributed by atoms with E-state index in [2.05, 4.69) is 10.6 Å². The molecule has 2 aromatic rings. The molecule has 0 spiro atoms. The van der Waals surface area contributed by atoms with Gasteiger partial charge in [-0.2, -0.15) is 0 Å². The van der Waals surface area contributed by atoms with Gasteiger partial charge in [-0.3, -0.25) is 14.9 Å². The number of nitrogens with two attached hydrogens (primary N) is 1. The number of amides is 1. The molecule has 0 heterocycles. The number of rotatable bonds is 9. The lowest BCUT2D eigenvalue weighted by Crippen LogP contribution is -2.25. The first kappa shape index (κ1) is 18.4. The van der Waals surface area contributed by atoms with E-state index in [4.69, 9.17) is 5.73 Å². The second-order valence-corrected chi connectivity index (χ2v) is 5.58. The largest absolute Gasteiger partial charge is 0.375 e. The maximum atomic E-state index is 12.1. The number of unbranched alkanes of at least 4 members (excludes halogenated alkanes) is 1. The zero-order chi connectivity index (χ0) is 18.1. The number of hydrogen-bond acceptors (Lipinski definition) is 5. The molecule has 0 unspecified atom stereocenters. The summed E-state index contributed by atoms with van der Waals surface area (Å²) in [6.07, 6.45) is 1.60. The van der Waals surface area contributed by atoms with Crippen LogP contribution < -0.4 is 16.4 Å². The molecular weight excluding hydrogens is 320 g/mol. The van der Waals surface area contributed by atoms with Crippen LogP contribution in [0.2, 0.25) is 0 Å². The van der Waals surface area contributed by atoms with E-state index in [9.17, 15) is 14.9 Å². The molecule has 0 fully saturated rings. The highest BCUT2D eigenvalue weighted by molar-refractivity contribution is 5.95. The Hall–Kier alpha value is -2.93. The topological polar surface area (TPSA) is 110 Å². The predicted molar refractivity (Wildman–Crippen MR) is 97.5 cm³/mol. The third-order valence-electron chi connectivity index (χ3n) is 3.70. The lowest BCUT2D eigenvalue weighted by molar-refractivity contribution is -0.384. The van der Waals surface area contributed by atoms with E-state index in [-0.39, 0.29) is 17.2 Å². The quantitative estimate of drug-likeness (QED) is 0.369. The van der Waals surface area contributed by atoms with Crippen molar-refractivity contribution in [2.45, 2.75) is 19.4 Å². The molecule has 2 rings (SSSR count). The first-order valence-corrected chi connectivity index (χ1v) is 8.16. The minimum absolute atomic E-state index is 0.120. The van der Waals surface area contributed by atoms with Crippen molar-refractivity contribution in [2.24, 2.45) is 5.73 Å². The van der Waals surface area contributed by atoms with Gasteiger partial charge in [-0.25, -0.2) is 0 Å². The standard InChI is InChI=1S/C18H22N4O3/c19-10-4-5-11-20-18(23)15-8-9-16(17(12-15)22(24)25)21-13-14-6-2-1-3-7-14/h1-3,6-9,12,21H,4-5,10-11,13,19H2,(H,20,23).